The summed E-state index contributed by atoms with van der Waals surface area (Å²) < 4.78 is 12.0. The Morgan fingerprint density at radius 2 is 0.850 bits per heavy atom. The van der Waals surface area contributed by atoms with E-state index in [1.807, 2.05) is 24.3 Å². The Morgan fingerprint density at radius 3 is 1.18 bits per heavy atom. The molecule has 0 N–H and O–H groups in total. The summed E-state index contributed by atoms with van der Waals surface area (Å²) in [6.45, 7) is 0. The van der Waals surface area contributed by atoms with E-state index in [9.17, 15) is 14.4 Å². The zero-order chi connectivity index (χ0) is 26.8. The Kier molecular flexibility index (Phi) is 4.79. The molecular weight excluding hydrogens is 500 g/mol. The monoisotopic (exact) mass is 536 g/mol. The van der Waals surface area contributed by atoms with E-state index in [1.165, 1.54) is 38.5 Å². The Balaban J connectivity index is 0.939. The first-order chi connectivity index (χ1) is 19.3. The second kappa shape index (κ2) is 8.08. The van der Waals surface area contributed by atoms with Gasteiger partial charge in [-0.25, -0.2) is 0 Å². The van der Waals surface area contributed by atoms with E-state index in [0.29, 0.717) is 58.1 Å². The minimum Gasteiger partial charge on any atom is -0.426 e. The molecule has 0 spiro atoms. The summed E-state index contributed by atoms with van der Waals surface area (Å²) in [7, 11) is 0. The summed E-state index contributed by atoms with van der Waals surface area (Å²) in [6.07, 6.45) is 13.4. The highest BCUT2D eigenvalue weighted by Crippen LogP contribution is 2.61. The van der Waals surface area contributed by atoms with Gasteiger partial charge in [0.1, 0.15) is 11.5 Å². The third kappa shape index (κ3) is 3.42. The summed E-state index contributed by atoms with van der Waals surface area (Å²) in [4.78, 5) is 40.5. The molecule has 9 aliphatic rings. The van der Waals surface area contributed by atoms with Crippen molar-refractivity contribution < 1.29 is 23.9 Å². The van der Waals surface area contributed by atoms with Crippen LogP contribution >= 0.6 is 0 Å². The maximum atomic E-state index is 13.5. The quantitative estimate of drug-likeness (QED) is 0.262. The normalized spacial score (nSPS) is 39.2. The Morgan fingerprint density at radius 1 is 0.525 bits per heavy atom. The van der Waals surface area contributed by atoms with Crippen molar-refractivity contribution in [3.63, 3.8) is 0 Å². The third-order valence-electron chi connectivity index (χ3n) is 12.1. The van der Waals surface area contributed by atoms with Gasteiger partial charge in [-0.15, -0.1) is 0 Å². The molecule has 0 aromatic heterocycles. The number of hydrogen-bond acceptors (Lipinski definition) is 5. The third-order valence-corrected chi connectivity index (χ3v) is 12.1. The van der Waals surface area contributed by atoms with Crippen LogP contribution in [0.25, 0.3) is 11.1 Å². The molecule has 0 aliphatic heterocycles. The lowest BCUT2D eigenvalue weighted by Gasteiger charge is -2.55. The number of esters is 2. The van der Waals surface area contributed by atoms with Crippen molar-refractivity contribution in [3.8, 4) is 22.6 Å². The van der Waals surface area contributed by atoms with Crippen LogP contribution in [0.15, 0.2) is 36.4 Å². The second-order valence-corrected chi connectivity index (χ2v) is 14.9. The van der Waals surface area contributed by atoms with Crippen molar-refractivity contribution >= 4 is 17.7 Å². The summed E-state index contributed by atoms with van der Waals surface area (Å²) in [5, 5.41) is 0. The number of hydrogen-bond donors (Lipinski definition) is 0. The SMILES string of the molecule is O=C1c2cc(OC(=O)C34CC5CC(CC(C5)C3)C4)ccc2-c2ccc(OC(=O)C34CC5CC(CC(C5)C3)C4)cc21. The molecule has 9 aliphatic carbocycles. The molecule has 8 saturated carbocycles. The van der Waals surface area contributed by atoms with Crippen molar-refractivity contribution in [1.82, 2.24) is 0 Å². The molecule has 40 heavy (non-hydrogen) atoms. The number of ether oxygens (including phenoxy) is 2. The van der Waals surface area contributed by atoms with Gasteiger partial charge in [0.2, 0.25) is 0 Å². The number of ketones is 1. The first-order valence-corrected chi connectivity index (χ1v) is 15.6. The number of carbonyl (C=O) groups is 3. The fourth-order valence-electron chi connectivity index (χ4n) is 11.3. The molecule has 8 bridgehead atoms. The molecule has 8 fully saturated rings. The number of rotatable bonds is 4. The molecule has 2 aromatic rings. The van der Waals surface area contributed by atoms with E-state index in [2.05, 4.69) is 0 Å². The van der Waals surface area contributed by atoms with E-state index in [4.69, 9.17) is 9.47 Å². The summed E-state index contributed by atoms with van der Waals surface area (Å²) in [5.74, 6) is 4.60. The van der Waals surface area contributed by atoms with Gasteiger partial charge in [0.05, 0.1) is 10.8 Å². The summed E-state index contributed by atoms with van der Waals surface area (Å²) in [5.41, 5.74) is 2.11. The Hall–Kier alpha value is -2.95. The maximum absolute atomic E-state index is 13.5. The van der Waals surface area contributed by atoms with Crippen molar-refractivity contribution in [2.75, 3.05) is 0 Å². The summed E-state index contributed by atoms with van der Waals surface area (Å²) in [6, 6.07) is 10.9. The Bertz CT molecular complexity index is 1300. The molecule has 0 radical (unpaired) electrons. The highest BCUT2D eigenvalue weighted by atomic mass is 16.5. The van der Waals surface area contributed by atoms with E-state index in [-0.39, 0.29) is 28.6 Å². The van der Waals surface area contributed by atoms with Gasteiger partial charge in [0.15, 0.2) is 5.78 Å². The van der Waals surface area contributed by atoms with Crippen LogP contribution in [-0.2, 0) is 9.59 Å². The molecular formula is C35H36O5. The lowest BCUT2D eigenvalue weighted by atomic mass is 9.49. The van der Waals surface area contributed by atoms with Gasteiger partial charge < -0.3 is 9.47 Å². The van der Waals surface area contributed by atoms with Gasteiger partial charge in [-0.1, -0.05) is 0 Å². The standard InChI is InChI=1S/C35H36O5/c36-31-29-11-25(39-32(37)34-13-19-5-20(14-34)7-21(6-19)15-34)1-3-27(29)28-4-2-26(12-30(28)31)40-33(38)35-16-22-8-23(17-35)10-24(9-22)18-35/h1-4,11-12,19-24H,5-10,13-18H2. The summed E-state index contributed by atoms with van der Waals surface area (Å²) >= 11 is 0. The molecule has 0 atom stereocenters. The smallest absolute Gasteiger partial charge is 0.317 e. The second-order valence-electron chi connectivity index (χ2n) is 14.9. The van der Waals surface area contributed by atoms with Crippen molar-refractivity contribution in [3.05, 3.63) is 47.5 Å². The number of fused-ring (bicyclic) bond motifs is 3. The topological polar surface area (TPSA) is 69.7 Å². The minimum atomic E-state index is -0.337. The fourth-order valence-corrected chi connectivity index (χ4v) is 11.3. The predicted octanol–water partition coefficient (Wildman–Crippen LogP) is 7.14. The molecule has 0 heterocycles. The van der Waals surface area contributed by atoms with Gasteiger partial charge in [0, 0.05) is 11.1 Å². The zero-order valence-electron chi connectivity index (χ0n) is 23.0. The van der Waals surface area contributed by atoms with Crippen LogP contribution in [0, 0.1) is 46.3 Å². The van der Waals surface area contributed by atoms with Crippen molar-refractivity contribution in [2.24, 2.45) is 46.3 Å². The average molecular weight is 537 g/mol. The lowest BCUT2D eigenvalue weighted by molar-refractivity contribution is -0.162. The van der Waals surface area contributed by atoms with Crippen LogP contribution in [0.1, 0.15) is 93.0 Å². The molecule has 5 heteroatoms. The highest BCUT2D eigenvalue weighted by molar-refractivity contribution is 6.22. The molecule has 5 nitrogen and oxygen atoms in total. The molecule has 0 saturated heterocycles. The number of benzene rings is 2. The van der Waals surface area contributed by atoms with E-state index < -0.39 is 0 Å². The van der Waals surface area contributed by atoms with E-state index in [0.717, 1.165) is 49.7 Å². The zero-order valence-corrected chi connectivity index (χ0v) is 23.0. The molecule has 0 unspecified atom stereocenters. The minimum absolute atomic E-state index is 0.103. The molecule has 2 aromatic carbocycles. The maximum Gasteiger partial charge on any atom is 0.317 e. The van der Waals surface area contributed by atoms with Crippen LogP contribution in [0.5, 0.6) is 11.5 Å². The largest absolute Gasteiger partial charge is 0.426 e. The average Bonchev–Trinajstić information content (AvgIpc) is 3.18. The van der Waals surface area contributed by atoms with Crippen LogP contribution in [0.2, 0.25) is 0 Å². The van der Waals surface area contributed by atoms with Crippen LogP contribution in [0.4, 0.5) is 0 Å². The molecule has 206 valence electrons. The lowest BCUT2D eigenvalue weighted by Crippen LogP contribution is -2.51. The van der Waals surface area contributed by atoms with Crippen molar-refractivity contribution in [2.45, 2.75) is 77.0 Å². The molecule has 0 amide bonds. The highest BCUT2D eigenvalue weighted by Gasteiger charge is 2.57. The van der Waals surface area contributed by atoms with Gasteiger partial charge in [-0.05, 0) is 160 Å². The van der Waals surface area contributed by atoms with Crippen LogP contribution in [-0.4, -0.2) is 17.7 Å². The van der Waals surface area contributed by atoms with Crippen molar-refractivity contribution in [1.29, 1.82) is 0 Å². The fraction of sp³-hybridized carbons (Fsp3) is 0.571. The molecule has 11 rings (SSSR count). The van der Waals surface area contributed by atoms with E-state index in [1.54, 1.807) is 12.1 Å². The van der Waals surface area contributed by atoms with Gasteiger partial charge in [-0.2, -0.15) is 0 Å². The van der Waals surface area contributed by atoms with Crippen LogP contribution < -0.4 is 9.47 Å². The Labute approximate surface area is 235 Å². The van der Waals surface area contributed by atoms with E-state index >= 15 is 0 Å². The first-order valence-electron chi connectivity index (χ1n) is 15.6. The van der Waals surface area contributed by atoms with Gasteiger partial charge in [-0.3, -0.25) is 14.4 Å². The van der Waals surface area contributed by atoms with Crippen LogP contribution in [0.3, 0.4) is 0 Å². The van der Waals surface area contributed by atoms with Gasteiger partial charge in [0.25, 0.3) is 0 Å². The predicted molar refractivity (Wildman–Crippen MR) is 148 cm³/mol. The number of carbonyl (C=O) groups excluding carboxylic acids is 3. The van der Waals surface area contributed by atoms with Gasteiger partial charge >= 0.3 is 11.9 Å². The first kappa shape index (κ1) is 23.7.